The molecule has 0 aliphatic heterocycles. The van der Waals surface area contributed by atoms with Crippen LogP contribution in [0.1, 0.15) is 11.1 Å². The largest absolute Gasteiger partial charge is 0.331 e. The molecule has 0 fully saturated rings. The molecule has 5 heteroatoms. The first-order chi connectivity index (χ1) is 9.24. The van der Waals surface area contributed by atoms with Crippen molar-refractivity contribution in [2.45, 2.75) is 19.9 Å². The Morgan fingerprint density at radius 3 is 2.79 bits per heavy atom. The van der Waals surface area contributed by atoms with Crippen LogP contribution in [-0.2, 0) is 13.0 Å². The van der Waals surface area contributed by atoms with E-state index in [1.165, 1.54) is 11.1 Å². The highest BCUT2D eigenvalue weighted by molar-refractivity contribution is 7.71. The molecular formula is C14H14N4S. The van der Waals surface area contributed by atoms with Gasteiger partial charge < -0.3 is 9.55 Å². The average molecular weight is 270 g/mol. The number of imidazole rings is 1. The Kier molecular flexibility index (Phi) is 3.13. The van der Waals surface area contributed by atoms with Crippen molar-refractivity contribution >= 4 is 23.4 Å². The molecule has 0 amide bonds. The lowest BCUT2D eigenvalue weighted by Gasteiger charge is -2.04. The molecule has 0 spiro atoms. The molecule has 2 heterocycles. The molecule has 0 radical (unpaired) electrons. The molecule has 0 saturated carbocycles. The first kappa shape index (κ1) is 12.0. The van der Waals surface area contributed by atoms with E-state index in [1.807, 2.05) is 6.33 Å². The molecule has 19 heavy (non-hydrogen) atoms. The predicted octanol–water partition coefficient (Wildman–Crippen LogP) is 3.04. The number of rotatable bonds is 3. The first-order valence-corrected chi connectivity index (χ1v) is 6.59. The molecule has 0 aliphatic carbocycles. The van der Waals surface area contributed by atoms with Crippen LogP contribution in [0.25, 0.3) is 11.2 Å². The number of hydrogen-bond donors (Lipinski definition) is 1. The van der Waals surface area contributed by atoms with Gasteiger partial charge in [-0.3, -0.25) is 0 Å². The maximum absolute atomic E-state index is 5.15. The molecule has 1 aromatic carbocycles. The molecule has 0 unspecified atom stereocenters. The molecule has 2 aromatic heterocycles. The number of nitrogens with zero attached hydrogens (tertiary/aromatic N) is 3. The molecule has 0 atom stereocenters. The maximum Gasteiger partial charge on any atom is 0.157 e. The number of aromatic nitrogens is 4. The number of hydrogen-bond acceptors (Lipinski definition) is 3. The monoisotopic (exact) mass is 270 g/mol. The summed E-state index contributed by atoms with van der Waals surface area (Å²) >= 11 is 5.15. The summed E-state index contributed by atoms with van der Waals surface area (Å²) in [6.07, 6.45) is 4.40. The minimum atomic E-state index is 0.544. The molecule has 4 nitrogen and oxygen atoms in total. The fourth-order valence-electron chi connectivity index (χ4n) is 2.08. The van der Waals surface area contributed by atoms with Gasteiger partial charge in [0.05, 0.1) is 12.7 Å². The minimum Gasteiger partial charge on any atom is -0.331 e. The van der Waals surface area contributed by atoms with Crippen molar-refractivity contribution in [2.75, 3.05) is 0 Å². The fourth-order valence-corrected chi connectivity index (χ4v) is 2.28. The van der Waals surface area contributed by atoms with Crippen molar-refractivity contribution in [2.24, 2.45) is 0 Å². The second kappa shape index (κ2) is 4.93. The van der Waals surface area contributed by atoms with Crippen molar-refractivity contribution in [1.29, 1.82) is 0 Å². The van der Waals surface area contributed by atoms with Crippen molar-refractivity contribution in [3.05, 3.63) is 52.7 Å². The van der Waals surface area contributed by atoms with E-state index < -0.39 is 0 Å². The Balaban J connectivity index is 1.84. The number of aryl methyl sites for hydroxylation is 3. The second-order valence-corrected chi connectivity index (χ2v) is 4.97. The molecule has 96 valence electrons. The SMILES string of the molecule is Cc1ccc(CCn2cnc3c(=S)nc[nH]c32)cc1. The van der Waals surface area contributed by atoms with Gasteiger partial charge in [0.2, 0.25) is 0 Å². The summed E-state index contributed by atoms with van der Waals surface area (Å²) in [5, 5.41) is 0. The van der Waals surface area contributed by atoms with Crippen molar-refractivity contribution in [3.63, 3.8) is 0 Å². The van der Waals surface area contributed by atoms with E-state index in [0.29, 0.717) is 4.64 Å². The summed E-state index contributed by atoms with van der Waals surface area (Å²) in [5.41, 5.74) is 4.31. The summed E-state index contributed by atoms with van der Waals surface area (Å²) < 4.78 is 2.62. The van der Waals surface area contributed by atoms with Crippen LogP contribution in [0.2, 0.25) is 0 Å². The van der Waals surface area contributed by atoms with Crippen LogP contribution in [0, 0.1) is 11.6 Å². The van der Waals surface area contributed by atoms with E-state index in [0.717, 1.165) is 24.1 Å². The van der Waals surface area contributed by atoms with Crippen molar-refractivity contribution < 1.29 is 0 Å². The third kappa shape index (κ3) is 2.42. The Morgan fingerprint density at radius 1 is 1.21 bits per heavy atom. The van der Waals surface area contributed by atoms with Gasteiger partial charge in [-0.1, -0.05) is 42.0 Å². The topological polar surface area (TPSA) is 46.5 Å². The van der Waals surface area contributed by atoms with Crippen LogP contribution < -0.4 is 0 Å². The summed E-state index contributed by atoms with van der Waals surface area (Å²) in [6.45, 7) is 2.97. The summed E-state index contributed by atoms with van der Waals surface area (Å²) in [7, 11) is 0. The summed E-state index contributed by atoms with van der Waals surface area (Å²) in [6, 6.07) is 8.61. The number of benzene rings is 1. The maximum atomic E-state index is 5.15. The van der Waals surface area contributed by atoms with E-state index >= 15 is 0 Å². The van der Waals surface area contributed by atoms with Crippen LogP contribution in [0.5, 0.6) is 0 Å². The number of aromatic amines is 1. The standard InChI is InChI=1S/C14H14N4S/c1-10-2-4-11(5-3-10)6-7-18-9-17-12-13(18)15-8-16-14(12)19/h2-5,8-9H,6-7H2,1H3,(H,15,16,19). The van der Waals surface area contributed by atoms with E-state index in [-0.39, 0.29) is 0 Å². The first-order valence-electron chi connectivity index (χ1n) is 6.18. The molecular weight excluding hydrogens is 256 g/mol. The quantitative estimate of drug-likeness (QED) is 0.744. The number of H-pyrrole nitrogens is 1. The lowest BCUT2D eigenvalue weighted by molar-refractivity contribution is 0.709. The van der Waals surface area contributed by atoms with Gasteiger partial charge >= 0.3 is 0 Å². The average Bonchev–Trinajstić information content (AvgIpc) is 2.83. The Morgan fingerprint density at radius 2 is 2.00 bits per heavy atom. The van der Waals surface area contributed by atoms with Crippen LogP contribution in [0.15, 0.2) is 36.9 Å². The van der Waals surface area contributed by atoms with Gasteiger partial charge in [0.25, 0.3) is 0 Å². The molecule has 3 rings (SSSR count). The normalized spacial score (nSPS) is 11.0. The zero-order valence-electron chi connectivity index (χ0n) is 10.6. The van der Waals surface area contributed by atoms with Gasteiger partial charge in [-0.15, -0.1) is 0 Å². The Hall–Kier alpha value is -2.01. The Bertz CT molecular complexity index is 755. The summed E-state index contributed by atoms with van der Waals surface area (Å²) in [5.74, 6) is 0. The smallest absolute Gasteiger partial charge is 0.157 e. The highest BCUT2D eigenvalue weighted by Crippen LogP contribution is 2.11. The zero-order valence-corrected chi connectivity index (χ0v) is 11.4. The summed E-state index contributed by atoms with van der Waals surface area (Å²) in [4.78, 5) is 11.5. The van der Waals surface area contributed by atoms with E-state index in [1.54, 1.807) is 6.33 Å². The third-order valence-corrected chi connectivity index (χ3v) is 3.48. The minimum absolute atomic E-state index is 0.544. The van der Waals surface area contributed by atoms with Gasteiger partial charge in [0, 0.05) is 6.54 Å². The van der Waals surface area contributed by atoms with Crippen LogP contribution in [0.4, 0.5) is 0 Å². The number of nitrogens with one attached hydrogen (secondary N) is 1. The lowest BCUT2D eigenvalue weighted by Crippen LogP contribution is -2.01. The molecule has 0 aliphatic rings. The molecule has 3 aromatic rings. The van der Waals surface area contributed by atoms with Gasteiger partial charge in [-0.25, -0.2) is 9.97 Å². The van der Waals surface area contributed by atoms with Gasteiger partial charge in [-0.2, -0.15) is 0 Å². The highest BCUT2D eigenvalue weighted by Gasteiger charge is 2.04. The van der Waals surface area contributed by atoms with Crippen LogP contribution >= 0.6 is 12.2 Å². The second-order valence-electron chi connectivity index (χ2n) is 4.58. The van der Waals surface area contributed by atoms with Crippen molar-refractivity contribution in [1.82, 2.24) is 19.5 Å². The number of fused-ring (bicyclic) bond motifs is 1. The van der Waals surface area contributed by atoms with Crippen LogP contribution in [0.3, 0.4) is 0 Å². The van der Waals surface area contributed by atoms with Gasteiger partial charge in [-0.05, 0) is 18.9 Å². The van der Waals surface area contributed by atoms with E-state index in [4.69, 9.17) is 12.2 Å². The molecule has 0 saturated heterocycles. The van der Waals surface area contributed by atoms with E-state index in [9.17, 15) is 0 Å². The molecule has 0 bridgehead atoms. The van der Waals surface area contributed by atoms with Crippen molar-refractivity contribution in [3.8, 4) is 0 Å². The fraction of sp³-hybridized carbons (Fsp3) is 0.214. The third-order valence-electron chi connectivity index (χ3n) is 3.19. The zero-order chi connectivity index (χ0) is 13.2. The predicted molar refractivity (Wildman–Crippen MR) is 77.6 cm³/mol. The lowest BCUT2D eigenvalue weighted by atomic mass is 10.1. The molecule has 1 N–H and O–H groups in total. The van der Waals surface area contributed by atoms with Gasteiger partial charge in [0.15, 0.2) is 4.64 Å². The van der Waals surface area contributed by atoms with Crippen LogP contribution in [-0.4, -0.2) is 19.5 Å². The van der Waals surface area contributed by atoms with E-state index in [2.05, 4.69) is 50.7 Å². The van der Waals surface area contributed by atoms with Gasteiger partial charge in [0.1, 0.15) is 11.2 Å². The Labute approximate surface area is 116 Å². The highest BCUT2D eigenvalue weighted by atomic mass is 32.1.